The zero-order chi connectivity index (χ0) is 10.2. The highest BCUT2D eigenvalue weighted by Crippen LogP contribution is 1.92. The second-order valence-electron chi connectivity index (χ2n) is 3.37. The third kappa shape index (κ3) is 4.12. The Morgan fingerprint density at radius 2 is 2.07 bits per heavy atom. The van der Waals surface area contributed by atoms with E-state index in [1.807, 2.05) is 31.5 Å². The van der Waals surface area contributed by atoms with Gasteiger partial charge in [-0.2, -0.15) is 0 Å². The first kappa shape index (κ1) is 10.8. The Kier molecular flexibility index (Phi) is 4.83. The van der Waals surface area contributed by atoms with Crippen molar-refractivity contribution in [2.24, 2.45) is 0 Å². The van der Waals surface area contributed by atoms with Crippen molar-refractivity contribution in [3.8, 4) is 0 Å². The first-order valence-corrected chi connectivity index (χ1v) is 5.20. The Hall–Kier alpha value is -1.25. The molecule has 3 nitrogen and oxygen atoms in total. The van der Waals surface area contributed by atoms with E-state index in [9.17, 15) is 4.79 Å². The minimum absolute atomic E-state index is 0.167. The molecule has 0 fully saturated rings. The number of rotatable bonds is 6. The van der Waals surface area contributed by atoms with Crippen LogP contribution in [0.2, 0.25) is 0 Å². The van der Waals surface area contributed by atoms with Crippen molar-refractivity contribution in [3.63, 3.8) is 0 Å². The maximum absolute atomic E-state index is 11.1. The van der Waals surface area contributed by atoms with Crippen LogP contribution < -0.4 is 5.32 Å². The number of hydrogen-bond acceptors (Lipinski definition) is 1. The molecule has 78 valence electrons. The van der Waals surface area contributed by atoms with Crippen LogP contribution in [-0.4, -0.2) is 17.0 Å². The summed E-state index contributed by atoms with van der Waals surface area (Å²) in [5.41, 5.74) is 0. The predicted molar refractivity (Wildman–Crippen MR) is 57.0 cm³/mol. The highest BCUT2D eigenvalue weighted by Gasteiger charge is 1.97. The summed E-state index contributed by atoms with van der Waals surface area (Å²) in [7, 11) is 0. The van der Waals surface area contributed by atoms with Gasteiger partial charge in [-0.25, -0.2) is 0 Å². The molecule has 1 aromatic heterocycles. The van der Waals surface area contributed by atoms with E-state index in [4.69, 9.17) is 0 Å². The van der Waals surface area contributed by atoms with Crippen LogP contribution in [0.3, 0.4) is 0 Å². The average molecular weight is 194 g/mol. The fourth-order valence-corrected chi connectivity index (χ4v) is 1.32. The van der Waals surface area contributed by atoms with Crippen LogP contribution in [0.5, 0.6) is 0 Å². The molecule has 0 aliphatic carbocycles. The summed E-state index contributed by atoms with van der Waals surface area (Å²) in [6.07, 6.45) is 6.62. The average Bonchev–Trinajstić information content (AvgIpc) is 2.65. The molecule has 0 unspecified atom stereocenters. The van der Waals surface area contributed by atoms with E-state index >= 15 is 0 Å². The SMILES string of the molecule is CCCC(=O)NCCCn1cccc1. The maximum atomic E-state index is 11.1. The van der Waals surface area contributed by atoms with E-state index in [1.54, 1.807) is 0 Å². The molecule has 14 heavy (non-hydrogen) atoms. The lowest BCUT2D eigenvalue weighted by atomic mass is 10.3. The van der Waals surface area contributed by atoms with Crippen LogP contribution in [0.4, 0.5) is 0 Å². The van der Waals surface area contributed by atoms with Gasteiger partial charge in [0.05, 0.1) is 0 Å². The molecule has 1 heterocycles. The number of carbonyl (C=O) groups is 1. The maximum Gasteiger partial charge on any atom is 0.219 e. The summed E-state index contributed by atoms with van der Waals surface area (Å²) in [5.74, 6) is 0.167. The molecule has 0 radical (unpaired) electrons. The summed E-state index contributed by atoms with van der Waals surface area (Å²) < 4.78 is 2.12. The number of aromatic nitrogens is 1. The highest BCUT2D eigenvalue weighted by atomic mass is 16.1. The molecule has 0 bridgehead atoms. The Morgan fingerprint density at radius 3 is 2.71 bits per heavy atom. The van der Waals surface area contributed by atoms with Gasteiger partial charge >= 0.3 is 0 Å². The summed E-state index contributed by atoms with van der Waals surface area (Å²) in [4.78, 5) is 11.1. The van der Waals surface area contributed by atoms with Crippen LogP contribution in [0.25, 0.3) is 0 Å². The normalized spacial score (nSPS) is 10.1. The minimum Gasteiger partial charge on any atom is -0.356 e. The second kappa shape index (κ2) is 6.24. The Morgan fingerprint density at radius 1 is 1.36 bits per heavy atom. The van der Waals surface area contributed by atoms with Crippen molar-refractivity contribution in [3.05, 3.63) is 24.5 Å². The third-order valence-electron chi connectivity index (χ3n) is 2.06. The number of hydrogen-bond donors (Lipinski definition) is 1. The monoisotopic (exact) mass is 194 g/mol. The molecule has 0 aliphatic rings. The fraction of sp³-hybridized carbons (Fsp3) is 0.545. The molecule has 1 aromatic rings. The largest absolute Gasteiger partial charge is 0.356 e. The number of aryl methyl sites for hydroxylation is 1. The number of carbonyl (C=O) groups excluding carboxylic acids is 1. The zero-order valence-electron chi connectivity index (χ0n) is 8.70. The van der Waals surface area contributed by atoms with Gasteiger partial charge in [-0.15, -0.1) is 0 Å². The molecule has 1 amide bonds. The van der Waals surface area contributed by atoms with Gasteiger partial charge in [-0.05, 0) is 25.0 Å². The summed E-state index contributed by atoms with van der Waals surface area (Å²) >= 11 is 0. The molecular weight excluding hydrogens is 176 g/mol. The summed E-state index contributed by atoms with van der Waals surface area (Å²) in [6.45, 7) is 3.76. The van der Waals surface area contributed by atoms with Crippen LogP contribution in [-0.2, 0) is 11.3 Å². The van der Waals surface area contributed by atoms with E-state index in [2.05, 4.69) is 9.88 Å². The highest BCUT2D eigenvalue weighted by molar-refractivity contribution is 5.75. The quantitative estimate of drug-likeness (QED) is 0.688. The van der Waals surface area contributed by atoms with Crippen molar-refractivity contribution >= 4 is 5.91 Å². The van der Waals surface area contributed by atoms with Crippen molar-refractivity contribution in [2.45, 2.75) is 32.7 Å². The smallest absolute Gasteiger partial charge is 0.219 e. The van der Waals surface area contributed by atoms with Gasteiger partial charge < -0.3 is 9.88 Å². The first-order valence-electron chi connectivity index (χ1n) is 5.20. The van der Waals surface area contributed by atoms with Gasteiger partial charge in [-0.1, -0.05) is 6.92 Å². The van der Waals surface area contributed by atoms with Crippen LogP contribution in [0.15, 0.2) is 24.5 Å². The van der Waals surface area contributed by atoms with Crippen LogP contribution >= 0.6 is 0 Å². The van der Waals surface area contributed by atoms with Crippen molar-refractivity contribution in [1.82, 2.24) is 9.88 Å². The molecule has 0 aliphatic heterocycles. The lowest BCUT2D eigenvalue weighted by Gasteiger charge is -2.04. The number of nitrogens with zero attached hydrogens (tertiary/aromatic N) is 1. The fourth-order valence-electron chi connectivity index (χ4n) is 1.32. The van der Waals surface area contributed by atoms with Gasteiger partial charge in [0.25, 0.3) is 0 Å². The van der Waals surface area contributed by atoms with Crippen LogP contribution in [0.1, 0.15) is 26.2 Å². The zero-order valence-corrected chi connectivity index (χ0v) is 8.70. The minimum atomic E-state index is 0.167. The molecule has 3 heteroatoms. The first-order chi connectivity index (χ1) is 6.83. The molecule has 0 atom stereocenters. The Balaban J connectivity index is 2.02. The Labute approximate surface area is 85.1 Å². The molecule has 1 N–H and O–H groups in total. The number of amides is 1. The lowest BCUT2D eigenvalue weighted by Crippen LogP contribution is -2.24. The topological polar surface area (TPSA) is 34.0 Å². The Bertz CT molecular complexity index is 254. The van der Waals surface area contributed by atoms with Crippen molar-refractivity contribution < 1.29 is 4.79 Å². The van der Waals surface area contributed by atoms with E-state index in [0.29, 0.717) is 6.42 Å². The molecule has 0 spiro atoms. The van der Waals surface area contributed by atoms with Gasteiger partial charge in [0.1, 0.15) is 0 Å². The second-order valence-corrected chi connectivity index (χ2v) is 3.37. The van der Waals surface area contributed by atoms with Gasteiger partial charge in [0, 0.05) is 31.9 Å². The molecule has 0 aromatic carbocycles. The lowest BCUT2D eigenvalue weighted by molar-refractivity contribution is -0.121. The summed E-state index contributed by atoms with van der Waals surface area (Å²) in [5, 5.41) is 2.89. The number of nitrogens with one attached hydrogen (secondary N) is 1. The summed E-state index contributed by atoms with van der Waals surface area (Å²) in [6, 6.07) is 4.02. The van der Waals surface area contributed by atoms with Gasteiger partial charge in [0.2, 0.25) is 5.91 Å². The standard InChI is InChI=1S/C11H18N2O/c1-2-6-11(14)12-7-5-10-13-8-3-4-9-13/h3-4,8-9H,2,5-7,10H2,1H3,(H,12,14). The van der Waals surface area contributed by atoms with E-state index in [-0.39, 0.29) is 5.91 Å². The van der Waals surface area contributed by atoms with E-state index in [1.165, 1.54) is 0 Å². The van der Waals surface area contributed by atoms with Crippen LogP contribution in [0, 0.1) is 0 Å². The van der Waals surface area contributed by atoms with Gasteiger partial charge in [-0.3, -0.25) is 4.79 Å². The van der Waals surface area contributed by atoms with Crippen molar-refractivity contribution in [1.29, 1.82) is 0 Å². The van der Waals surface area contributed by atoms with Crippen molar-refractivity contribution in [2.75, 3.05) is 6.54 Å². The third-order valence-corrected chi connectivity index (χ3v) is 2.06. The van der Waals surface area contributed by atoms with E-state index in [0.717, 1.165) is 25.9 Å². The van der Waals surface area contributed by atoms with E-state index < -0.39 is 0 Å². The molecule has 0 saturated carbocycles. The van der Waals surface area contributed by atoms with Gasteiger partial charge in [0.15, 0.2) is 0 Å². The molecule has 0 saturated heterocycles. The predicted octanol–water partition coefficient (Wildman–Crippen LogP) is 1.79. The molecular formula is C11H18N2O. The molecule has 1 rings (SSSR count).